The van der Waals surface area contributed by atoms with Crippen molar-refractivity contribution in [2.45, 2.75) is 26.8 Å². The molecule has 0 aromatic heterocycles. The van der Waals surface area contributed by atoms with E-state index in [2.05, 4.69) is 4.74 Å². The van der Waals surface area contributed by atoms with E-state index in [0.717, 1.165) is 23.3 Å². The molecular formula is C18H16F3NO3. The molecule has 0 saturated heterocycles. The number of nitrogens with one attached hydrogen (secondary N) is 1. The number of benzene rings is 2. The van der Waals surface area contributed by atoms with Gasteiger partial charge in [-0.25, -0.2) is 0 Å². The third kappa shape index (κ3) is 4.82. The lowest BCUT2D eigenvalue weighted by Crippen LogP contribution is -2.18. The van der Waals surface area contributed by atoms with Crippen LogP contribution in [0.3, 0.4) is 0 Å². The van der Waals surface area contributed by atoms with Crippen molar-refractivity contribution in [3.05, 3.63) is 58.7 Å². The Bertz CT molecular complexity index is 780. The number of ether oxygens (including phenoxy) is 2. The molecule has 0 unspecified atom stereocenters. The van der Waals surface area contributed by atoms with E-state index in [1.807, 2.05) is 32.0 Å². The van der Waals surface area contributed by atoms with Crippen molar-refractivity contribution in [3.63, 3.8) is 0 Å². The molecule has 2 rings (SSSR count). The fourth-order valence-electron chi connectivity index (χ4n) is 2.38. The van der Waals surface area contributed by atoms with Crippen LogP contribution >= 0.6 is 0 Å². The van der Waals surface area contributed by atoms with Crippen LogP contribution in [0.5, 0.6) is 11.5 Å². The predicted molar refractivity (Wildman–Crippen MR) is 86.5 cm³/mol. The van der Waals surface area contributed by atoms with Crippen LogP contribution in [0, 0.1) is 19.3 Å². The Morgan fingerprint density at radius 1 is 1.16 bits per heavy atom. The molecule has 1 N–H and O–H groups in total. The fourth-order valence-corrected chi connectivity index (χ4v) is 2.38. The SMILES string of the molecule is Cc1cccc(C)c1OCc1cc(OC(F)(F)F)ccc1C(=O)C=N. The van der Waals surface area contributed by atoms with E-state index in [1.165, 1.54) is 6.07 Å². The van der Waals surface area contributed by atoms with E-state index in [1.54, 1.807) is 0 Å². The number of Topliss-reactive ketones (excluding diaryl/α,β-unsaturated/α-hetero) is 1. The highest BCUT2D eigenvalue weighted by Crippen LogP contribution is 2.28. The molecule has 0 aliphatic heterocycles. The minimum absolute atomic E-state index is 0.0933. The van der Waals surface area contributed by atoms with E-state index in [-0.39, 0.29) is 17.7 Å². The van der Waals surface area contributed by atoms with Crippen molar-refractivity contribution in [3.8, 4) is 11.5 Å². The summed E-state index contributed by atoms with van der Waals surface area (Å²) in [5.41, 5.74) is 2.03. The molecule has 0 saturated carbocycles. The van der Waals surface area contributed by atoms with Crippen molar-refractivity contribution in [1.82, 2.24) is 0 Å². The zero-order chi connectivity index (χ0) is 18.6. The number of alkyl halides is 3. The topological polar surface area (TPSA) is 59.4 Å². The molecule has 0 heterocycles. The van der Waals surface area contributed by atoms with Gasteiger partial charge in [0.15, 0.2) is 0 Å². The Kier molecular flexibility index (Phi) is 5.46. The monoisotopic (exact) mass is 351 g/mol. The van der Waals surface area contributed by atoms with Gasteiger partial charge in [0, 0.05) is 11.1 Å². The summed E-state index contributed by atoms with van der Waals surface area (Å²) in [6.07, 6.45) is -4.24. The molecule has 0 amide bonds. The van der Waals surface area contributed by atoms with Gasteiger partial charge in [0.05, 0.1) is 6.21 Å². The van der Waals surface area contributed by atoms with E-state index >= 15 is 0 Å². The third-order valence-electron chi connectivity index (χ3n) is 3.49. The number of rotatable bonds is 6. The number of carbonyl (C=O) groups is 1. The van der Waals surface area contributed by atoms with Crippen LogP contribution in [0.4, 0.5) is 13.2 Å². The van der Waals surface area contributed by atoms with Crippen LogP contribution in [-0.4, -0.2) is 18.4 Å². The summed E-state index contributed by atoms with van der Waals surface area (Å²) in [4.78, 5) is 11.8. The van der Waals surface area contributed by atoms with Crippen LogP contribution in [0.25, 0.3) is 0 Å². The highest BCUT2D eigenvalue weighted by Gasteiger charge is 2.31. The molecule has 25 heavy (non-hydrogen) atoms. The third-order valence-corrected chi connectivity index (χ3v) is 3.49. The number of carbonyl (C=O) groups excluding carboxylic acids is 1. The summed E-state index contributed by atoms with van der Waals surface area (Å²) >= 11 is 0. The summed E-state index contributed by atoms with van der Waals surface area (Å²) < 4.78 is 46.8. The van der Waals surface area contributed by atoms with Gasteiger partial charge in [-0.05, 0) is 43.2 Å². The van der Waals surface area contributed by atoms with Gasteiger partial charge in [-0.1, -0.05) is 18.2 Å². The molecule has 0 aliphatic carbocycles. The first-order valence-electron chi connectivity index (χ1n) is 7.34. The Labute approximate surface area is 142 Å². The maximum atomic E-state index is 12.4. The summed E-state index contributed by atoms with van der Waals surface area (Å²) in [5, 5.41) is 7.08. The lowest BCUT2D eigenvalue weighted by atomic mass is 10.0. The summed E-state index contributed by atoms with van der Waals surface area (Å²) in [6, 6.07) is 8.87. The molecule has 0 bridgehead atoms. The van der Waals surface area contributed by atoms with Gasteiger partial charge in [-0.3, -0.25) is 4.79 Å². The Hall–Kier alpha value is -2.83. The number of halogens is 3. The molecule has 0 aliphatic rings. The van der Waals surface area contributed by atoms with Crippen molar-refractivity contribution in [2.75, 3.05) is 0 Å². The largest absolute Gasteiger partial charge is 0.573 e. The minimum Gasteiger partial charge on any atom is -0.488 e. The number of hydrogen-bond acceptors (Lipinski definition) is 4. The van der Waals surface area contributed by atoms with Gasteiger partial charge >= 0.3 is 6.36 Å². The first kappa shape index (κ1) is 18.5. The van der Waals surface area contributed by atoms with Crippen molar-refractivity contribution in [1.29, 1.82) is 5.41 Å². The van der Waals surface area contributed by atoms with Crippen molar-refractivity contribution in [2.24, 2.45) is 0 Å². The molecule has 4 nitrogen and oxygen atoms in total. The molecule has 0 spiro atoms. The molecule has 0 atom stereocenters. The molecule has 7 heteroatoms. The average Bonchev–Trinajstić information content (AvgIpc) is 2.52. The quantitative estimate of drug-likeness (QED) is 0.610. The van der Waals surface area contributed by atoms with Crippen LogP contribution in [0.1, 0.15) is 27.0 Å². The zero-order valence-corrected chi connectivity index (χ0v) is 13.6. The Morgan fingerprint density at radius 3 is 2.36 bits per heavy atom. The van der Waals surface area contributed by atoms with Crippen molar-refractivity contribution < 1.29 is 27.4 Å². The Balaban J connectivity index is 2.34. The zero-order valence-electron chi connectivity index (χ0n) is 13.6. The van der Waals surface area contributed by atoms with Crippen LogP contribution in [-0.2, 0) is 6.61 Å². The van der Waals surface area contributed by atoms with Gasteiger partial charge in [-0.2, -0.15) is 0 Å². The summed E-state index contributed by atoms with van der Waals surface area (Å²) in [5.74, 6) is -0.481. The minimum atomic E-state index is -4.84. The lowest BCUT2D eigenvalue weighted by Gasteiger charge is -2.15. The molecule has 0 radical (unpaired) electrons. The summed E-state index contributed by atoms with van der Waals surface area (Å²) in [6.45, 7) is 3.56. The van der Waals surface area contributed by atoms with Crippen LogP contribution < -0.4 is 9.47 Å². The average molecular weight is 351 g/mol. The van der Waals surface area contributed by atoms with E-state index < -0.39 is 17.9 Å². The molecule has 0 fully saturated rings. The maximum Gasteiger partial charge on any atom is 0.573 e. The van der Waals surface area contributed by atoms with E-state index in [9.17, 15) is 18.0 Å². The van der Waals surface area contributed by atoms with Gasteiger partial charge in [-0.15, -0.1) is 13.2 Å². The smallest absolute Gasteiger partial charge is 0.488 e. The second kappa shape index (κ2) is 7.38. The first-order chi connectivity index (χ1) is 11.7. The van der Waals surface area contributed by atoms with Crippen LogP contribution in [0.15, 0.2) is 36.4 Å². The first-order valence-corrected chi connectivity index (χ1v) is 7.34. The predicted octanol–water partition coefficient (Wildman–Crippen LogP) is 4.61. The number of para-hydroxylation sites is 1. The second-order valence-electron chi connectivity index (χ2n) is 5.38. The lowest BCUT2D eigenvalue weighted by molar-refractivity contribution is -0.274. The molecule has 132 valence electrons. The molecular weight excluding hydrogens is 335 g/mol. The standard InChI is InChI=1S/C18H16F3NO3/c1-11-4-3-5-12(2)17(11)24-10-13-8-14(25-18(19,20)21)6-7-15(13)16(23)9-22/h3-9,22H,10H2,1-2H3. The van der Waals surface area contributed by atoms with Crippen LogP contribution in [0.2, 0.25) is 0 Å². The molecule has 2 aromatic carbocycles. The highest BCUT2D eigenvalue weighted by atomic mass is 19.4. The van der Waals surface area contributed by atoms with Gasteiger partial charge in [0.25, 0.3) is 0 Å². The summed E-state index contributed by atoms with van der Waals surface area (Å²) in [7, 11) is 0. The number of hydrogen-bond donors (Lipinski definition) is 1. The Morgan fingerprint density at radius 2 is 1.80 bits per heavy atom. The normalized spacial score (nSPS) is 11.1. The highest BCUT2D eigenvalue weighted by molar-refractivity contribution is 6.34. The number of aryl methyl sites for hydroxylation is 2. The van der Waals surface area contributed by atoms with Crippen molar-refractivity contribution >= 4 is 12.0 Å². The van der Waals surface area contributed by atoms with Gasteiger partial charge in [0.2, 0.25) is 5.78 Å². The fraction of sp³-hybridized carbons (Fsp3) is 0.222. The number of ketones is 1. The maximum absolute atomic E-state index is 12.4. The van der Waals surface area contributed by atoms with Gasteiger partial charge < -0.3 is 14.9 Å². The second-order valence-corrected chi connectivity index (χ2v) is 5.38. The van der Waals surface area contributed by atoms with E-state index in [0.29, 0.717) is 12.0 Å². The van der Waals surface area contributed by atoms with Gasteiger partial charge in [0.1, 0.15) is 18.1 Å². The molecule has 2 aromatic rings. The van der Waals surface area contributed by atoms with E-state index in [4.69, 9.17) is 10.1 Å².